The first kappa shape index (κ1) is 17.7. The molecule has 2 amide bonds. The van der Waals surface area contributed by atoms with Crippen LogP contribution in [0.1, 0.15) is 39.4 Å². The molecule has 6 nitrogen and oxygen atoms in total. The molecule has 1 aromatic heterocycles. The molecule has 6 heteroatoms. The van der Waals surface area contributed by atoms with Crippen LogP contribution in [0.5, 0.6) is 0 Å². The number of aromatic nitrogens is 2. The number of rotatable bonds is 4. The number of H-pyrrole nitrogens is 1. The molecule has 1 aliphatic rings. The number of nitrogens with one attached hydrogen (secondary N) is 3. The predicted octanol–water partition coefficient (Wildman–Crippen LogP) is 3.00. The molecule has 0 aliphatic carbocycles. The minimum Gasteiger partial charge on any atom is -0.378 e. The Balaban J connectivity index is 1.43. The fourth-order valence-corrected chi connectivity index (χ4v) is 3.19. The number of hydrogen-bond acceptors (Lipinski definition) is 3. The lowest BCUT2D eigenvalue weighted by atomic mass is 9.83. The van der Waals surface area contributed by atoms with E-state index >= 15 is 0 Å². The molecule has 2 aromatic rings. The molecule has 0 spiro atoms. The summed E-state index contributed by atoms with van der Waals surface area (Å²) >= 11 is 0. The van der Waals surface area contributed by atoms with Crippen LogP contribution >= 0.6 is 0 Å². The van der Waals surface area contributed by atoms with E-state index in [0.717, 1.165) is 29.7 Å². The molecule has 0 saturated carbocycles. The van der Waals surface area contributed by atoms with Gasteiger partial charge in [-0.1, -0.05) is 32.9 Å². The molecular formula is C19H28N4O2. The topological polar surface area (TPSA) is 79.0 Å². The normalized spacial score (nSPS) is 21.2. The maximum atomic E-state index is 12.1. The number of benzene rings is 1. The van der Waals surface area contributed by atoms with Gasteiger partial charge in [-0.25, -0.2) is 9.78 Å². The van der Waals surface area contributed by atoms with Crippen LogP contribution < -0.4 is 10.6 Å². The fourth-order valence-electron chi connectivity index (χ4n) is 3.19. The molecule has 1 aliphatic heterocycles. The third-order valence-corrected chi connectivity index (χ3v) is 4.67. The van der Waals surface area contributed by atoms with Gasteiger partial charge in [0.25, 0.3) is 0 Å². The maximum Gasteiger partial charge on any atom is 0.315 e. The molecule has 0 radical (unpaired) electrons. The lowest BCUT2D eigenvalue weighted by Gasteiger charge is -2.37. The Bertz CT molecular complexity index is 687. The summed E-state index contributed by atoms with van der Waals surface area (Å²) in [4.78, 5) is 19.9. The number of fused-ring (bicyclic) bond motifs is 1. The van der Waals surface area contributed by atoms with Crippen LogP contribution in [0.25, 0.3) is 11.0 Å². The van der Waals surface area contributed by atoms with E-state index in [4.69, 9.17) is 4.74 Å². The Labute approximate surface area is 148 Å². The van der Waals surface area contributed by atoms with Crippen LogP contribution in [0.4, 0.5) is 4.79 Å². The number of para-hydroxylation sites is 2. The highest BCUT2D eigenvalue weighted by molar-refractivity contribution is 5.75. The summed E-state index contributed by atoms with van der Waals surface area (Å²) < 4.78 is 5.84. The number of amides is 2. The van der Waals surface area contributed by atoms with Gasteiger partial charge in [-0.3, -0.25) is 0 Å². The second-order valence-electron chi connectivity index (χ2n) is 7.80. The molecule has 2 atom stereocenters. The van der Waals surface area contributed by atoms with Gasteiger partial charge in [0.05, 0.1) is 17.1 Å². The highest BCUT2D eigenvalue weighted by Crippen LogP contribution is 2.29. The van der Waals surface area contributed by atoms with E-state index in [1.165, 1.54) is 0 Å². The number of imidazole rings is 1. The van der Waals surface area contributed by atoms with Crippen molar-refractivity contribution in [3.63, 3.8) is 0 Å². The highest BCUT2D eigenvalue weighted by Gasteiger charge is 2.32. The van der Waals surface area contributed by atoms with Crippen molar-refractivity contribution >= 4 is 17.1 Å². The standard InChI is InChI=1S/C19H28N4O2/c1-19(2,3)16-12-13(9-11-25-16)21-18(24)20-10-8-17-22-14-6-4-5-7-15(14)23-17/h4-7,13,16H,8-12H2,1-3H3,(H,22,23)(H2,20,21,24)/t13-,16-/m1/s1. The second kappa shape index (κ2) is 7.44. The average Bonchev–Trinajstić information content (AvgIpc) is 2.97. The Hall–Kier alpha value is -2.08. The third kappa shape index (κ3) is 4.72. The van der Waals surface area contributed by atoms with E-state index in [0.29, 0.717) is 19.6 Å². The van der Waals surface area contributed by atoms with Gasteiger partial charge in [0, 0.05) is 25.6 Å². The fraction of sp³-hybridized carbons (Fsp3) is 0.579. The van der Waals surface area contributed by atoms with Gasteiger partial charge in [-0.15, -0.1) is 0 Å². The third-order valence-electron chi connectivity index (χ3n) is 4.67. The summed E-state index contributed by atoms with van der Waals surface area (Å²) in [6.07, 6.45) is 2.59. The first-order valence-corrected chi connectivity index (χ1v) is 9.01. The Morgan fingerprint density at radius 2 is 2.16 bits per heavy atom. The number of carbonyl (C=O) groups is 1. The number of nitrogens with zero attached hydrogens (tertiary/aromatic N) is 1. The zero-order valence-electron chi connectivity index (χ0n) is 15.3. The largest absolute Gasteiger partial charge is 0.378 e. The van der Waals surface area contributed by atoms with Crippen molar-refractivity contribution in [2.75, 3.05) is 13.2 Å². The molecule has 1 fully saturated rings. The van der Waals surface area contributed by atoms with Crippen molar-refractivity contribution in [2.45, 2.75) is 52.2 Å². The van der Waals surface area contributed by atoms with Crippen molar-refractivity contribution in [3.05, 3.63) is 30.1 Å². The Morgan fingerprint density at radius 1 is 1.36 bits per heavy atom. The minimum absolute atomic E-state index is 0.0954. The first-order chi connectivity index (χ1) is 11.9. The van der Waals surface area contributed by atoms with Crippen molar-refractivity contribution in [3.8, 4) is 0 Å². The first-order valence-electron chi connectivity index (χ1n) is 9.01. The van der Waals surface area contributed by atoms with Crippen LogP contribution in [0.2, 0.25) is 0 Å². The molecular weight excluding hydrogens is 316 g/mol. The van der Waals surface area contributed by atoms with Crippen LogP contribution in [-0.2, 0) is 11.2 Å². The maximum absolute atomic E-state index is 12.1. The highest BCUT2D eigenvalue weighted by atomic mass is 16.5. The summed E-state index contributed by atoms with van der Waals surface area (Å²) in [7, 11) is 0. The number of hydrogen-bond donors (Lipinski definition) is 3. The summed E-state index contributed by atoms with van der Waals surface area (Å²) in [6, 6.07) is 7.99. The van der Waals surface area contributed by atoms with Gasteiger partial charge in [0.2, 0.25) is 0 Å². The molecule has 0 bridgehead atoms. The number of urea groups is 1. The molecule has 0 unspecified atom stereocenters. The van der Waals surface area contributed by atoms with Gasteiger partial charge in [-0.05, 0) is 30.4 Å². The monoisotopic (exact) mass is 344 g/mol. The van der Waals surface area contributed by atoms with Gasteiger partial charge >= 0.3 is 6.03 Å². The molecule has 2 heterocycles. The van der Waals surface area contributed by atoms with E-state index in [1.807, 2.05) is 24.3 Å². The van der Waals surface area contributed by atoms with E-state index in [1.54, 1.807) is 0 Å². The van der Waals surface area contributed by atoms with Crippen LogP contribution in [0.15, 0.2) is 24.3 Å². The molecule has 1 saturated heterocycles. The summed E-state index contributed by atoms with van der Waals surface area (Å²) in [6.45, 7) is 7.78. The van der Waals surface area contributed by atoms with Crippen molar-refractivity contribution in [1.29, 1.82) is 0 Å². The Morgan fingerprint density at radius 3 is 2.92 bits per heavy atom. The molecule has 1 aromatic carbocycles. The second-order valence-corrected chi connectivity index (χ2v) is 7.80. The van der Waals surface area contributed by atoms with E-state index in [-0.39, 0.29) is 23.6 Å². The van der Waals surface area contributed by atoms with Crippen molar-refractivity contribution in [2.24, 2.45) is 5.41 Å². The van der Waals surface area contributed by atoms with E-state index < -0.39 is 0 Å². The number of ether oxygens (including phenoxy) is 1. The number of carbonyl (C=O) groups excluding carboxylic acids is 1. The Kier molecular flexibility index (Phi) is 5.27. The zero-order chi connectivity index (χ0) is 17.9. The van der Waals surface area contributed by atoms with Gasteiger partial charge in [-0.2, -0.15) is 0 Å². The van der Waals surface area contributed by atoms with Crippen LogP contribution in [0.3, 0.4) is 0 Å². The smallest absolute Gasteiger partial charge is 0.315 e. The van der Waals surface area contributed by atoms with Gasteiger partial charge in [0.1, 0.15) is 5.82 Å². The molecule has 136 valence electrons. The zero-order valence-corrected chi connectivity index (χ0v) is 15.3. The van der Waals surface area contributed by atoms with Crippen molar-refractivity contribution < 1.29 is 9.53 Å². The van der Waals surface area contributed by atoms with Crippen molar-refractivity contribution in [1.82, 2.24) is 20.6 Å². The summed E-state index contributed by atoms with van der Waals surface area (Å²) in [5.74, 6) is 0.889. The SMILES string of the molecule is CC(C)(C)[C@H]1C[C@H](NC(=O)NCCc2nc3ccccc3[nH]2)CCO1. The summed E-state index contributed by atoms with van der Waals surface area (Å²) in [5.41, 5.74) is 2.08. The number of aromatic amines is 1. The van der Waals surface area contributed by atoms with Gasteiger partial charge < -0.3 is 20.4 Å². The molecule has 3 rings (SSSR count). The molecule has 25 heavy (non-hydrogen) atoms. The van der Waals surface area contributed by atoms with Gasteiger partial charge in [0.15, 0.2) is 0 Å². The van der Waals surface area contributed by atoms with E-state index in [9.17, 15) is 4.79 Å². The average molecular weight is 344 g/mol. The van der Waals surface area contributed by atoms with E-state index in [2.05, 4.69) is 41.4 Å². The predicted molar refractivity (Wildman–Crippen MR) is 98.5 cm³/mol. The summed E-state index contributed by atoms with van der Waals surface area (Å²) in [5, 5.41) is 6.00. The minimum atomic E-state index is -0.115. The quantitative estimate of drug-likeness (QED) is 0.798. The lowest BCUT2D eigenvalue weighted by molar-refractivity contribution is -0.0565. The molecule has 3 N–H and O–H groups in total. The van der Waals surface area contributed by atoms with Crippen LogP contribution in [0, 0.1) is 5.41 Å². The van der Waals surface area contributed by atoms with Crippen LogP contribution in [-0.4, -0.2) is 41.3 Å². The lowest BCUT2D eigenvalue weighted by Crippen LogP contribution is -2.49.